The molecule has 0 amide bonds. The van der Waals surface area contributed by atoms with Gasteiger partial charge in [-0.05, 0) is 5.56 Å². The fourth-order valence-corrected chi connectivity index (χ4v) is 0.847. The van der Waals surface area contributed by atoms with E-state index in [0.717, 1.165) is 5.56 Å². The summed E-state index contributed by atoms with van der Waals surface area (Å²) < 4.78 is 0. The molecule has 1 atom stereocenters. The Balaban J connectivity index is 2.77. The molecule has 3 nitrogen and oxygen atoms in total. The largest absolute Gasteiger partial charge is 0.366 e. The molecule has 0 saturated heterocycles. The lowest BCUT2D eigenvalue weighted by Crippen LogP contribution is -2.25. The van der Waals surface area contributed by atoms with Crippen LogP contribution in [0.3, 0.4) is 0 Å². The molecule has 60 valence electrons. The van der Waals surface area contributed by atoms with Gasteiger partial charge in [-0.1, -0.05) is 30.3 Å². The van der Waals surface area contributed by atoms with Gasteiger partial charge in [0.2, 0.25) is 0 Å². The second-order valence-electron chi connectivity index (χ2n) is 2.35. The van der Waals surface area contributed by atoms with Gasteiger partial charge in [-0.2, -0.15) is 0 Å². The zero-order valence-corrected chi connectivity index (χ0v) is 6.01. The average Bonchev–Trinajstić information content (AvgIpc) is 2.05. The zero-order valence-electron chi connectivity index (χ0n) is 6.01. The second-order valence-corrected chi connectivity index (χ2v) is 2.35. The molecule has 1 unspecified atom stereocenters. The summed E-state index contributed by atoms with van der Waals surface area (Å²) >= 11 is 0. The molecule has 1 aromatic carbocycles. The summed E-state index contributed by atoms with van der Waals surface area (Å²) in [4.78, 5) is 0. The van der Waals surface area contributed by atoms with E-state index in [1.165, 1.54) is 0 Å². The molecule has 0 aliphatic heterocycles. The molecule has 0 fully saturated rings. The van der Waals surface area contributed by atoms with E-state index in [9.17, 15) is 0 Å². The van der Waals surface area contributed by atoms with Gasteiger partial charge in [0.1, 0.15) is 0 Å². The Morgan fingerprint density at radius 2 is 1.64 bits per heavy atom. The SMILES string of the molecule is NC(c1ccccc1)C(O)O. The Morgan fingerprint density at radius 1 is 1.09 bits per heavy atom. The molecule has 3 heteroatoms. The van der Waals surface area contributed by atoms with Crippen molar-refractivity contribution in [3.8, 4) is 0 Å². The number of hydrogen-bond donors (Lipinski definition) is 3. The minimum Gasteiger partial charge on any atom is -0.366 e. The zero-order chi connectivity index (χ0) is 8.27. The molecule has 0 spiro atoms. The highest BCUT2D eigenvalue weighted by atomic mass is 16.5. The van der Waals surface area contributed by atoms with E-state index in [2.05, 4.69) is 0 Å². The standard InChI is InChI=1S/C8H11NO2/c9-7(8(10)11)6-4-2-1-3-5-6/h1-5,7-8,10-11H,9H2. The first-order chi connectivity index (χ1) is 5.22. The quantitative estimate of drug-likeness (QED) is 0.524. The smallest absolute Gasteiger partial charge is 0.171 e. The minimum atomic E-state index is -1.49. The number of aliphatic hydroxyl groups is 2. The van der Waals surface area contributed by atoms with Gasteiger partial charge >= 0.3 is 0 Å². The maximum atomic E-state index is 8.70. The van der Waals surface area contributed by atoms with Crippen LogP contribution in [0.25, 0.3) is 0 Å². The van der Waals surface area contributed by atoms with Gasteiger partial charge in [0.05, 0.1) is 6.04 Å². The first kappa shape index (κ1) is 8.20. The fourth-order valence-electron chi connectivity index (χ4n) is 0.847. The normalized spacial score (nSPS) is 13.5. The van der Waals surface area contributed by atoms with Crippen LogP contribution in [0.2, 0.25) is 0 Å². The predicted molar refractivity (Wildman–Crippen MR) is 41.6 cm³/mol. The summed E-state index contributed by atoms with van der Waals surface area (Å²) in [5.74, 6) is 0. The molecule has 0 aliphatic rings. The Morgan fingerprint density at radius 3 is 2.09 bits per heavy atom. The number of nitrogens with two attached hydrogens (primary N) is 1. The highest BCUT2D eigenvalue weighted by molar-refractivity contribution is 5.18. The first-order valence-electron chi connectivity index (χ1n) is 3.38. The molecule has 0 heterocycles. The van der Waals surface area contributed by atoms with Crippen molar-refractivity contribution < 1.29 is 10.2 Å². The van der Waals surface area contributed by atoms with Crippen LogP contribution in [-0.4, -0.2) is 16.5 Å². The molecule has 1 aromatic rings. The van der Waals surface area contributed by atoms with Crippen molar-refractivity contribution in [2.45, 2.75) is 12.3 Å². The van der Waals surface area contributed by atoms with E-state index in [4.69, 9.17) is 15.9 Å². The van der Waals surface area contributed by atoms with Crippen LogP contribution in [0.4, 0.5) is 0 Å². The number of benzene rings is 1. The predicted octanol–water partition coefficient (Wildman–Crippen LogP) is -0.00290. The molecular formula is C8H11NO2. The Kier molecular flexibility index (Phi) is 2.59. The summed E-state index contributed by atoms with van der Waals surface area (Å²) in [6, 6.07) is 8.25. The molecule has 0 bridgehead atoms. The van der Waals surface area contributed by atoms with Gasteiger partial charge in [0.25, 0.3) is 0 Å². The van der Waals surface area contributed by atoms with Crippen molar-refractivity contribution in [1.82, 2.24) is 0 Å². The fraction of sp³-hybridized carbons (Fsp3) is 0.250. The van der Waals surface area contributed by atoms with Crippen molar-refractivity contribution in [3.05, 3.63) is 35.9 Å². The summed E-state index contributed by atoms with van der Waals surface area (Å²) in [6.07, 6.45) is -1.49. The van der Waals surface area contributed by atoms with Crippen molar-refractivity contribution in [2.75, 3.05) is 0 Å². The van der Waals surface area contributed by atoms with Crippen LogP contribution in [-0.2, 0) is 0 Å². The molecule has 0 saturated carbocycles. The molecule has 0 aliphatic carbocycles. The van der Waals surface area contributed by atoms with Gasteiger partial charge in [0, 0.05) is 0 Å². The van der Waals surface area contributed by atoms with Crippen LogP contribution in [0.1, 0.15) is 11.6 Å². The summed E-state index contributed by atoms with van der Waals surface area (Å²) in [5, 5.41) is 17.4. The number of rotatable bonds is 2. The molecule has 4 N–H and O–H groups in total. The van der Waals surface area contributed by atoms with Gasteiger partial charge < -0.3 is 15.9 Å². The van der Waals surface area contributed by atoms with E-state index in [1.807, 2.05) is 6.07 Å². The van der Waals surface area contributed by atoms with Gasteiger partial charge in [-0.25, -0.2) is 0 Å². The molecule has 1 rings (SSSR count). The Bertz CT molecular complexity index is 211. The van der Waals surface area contributed by atoms with Crippen molar-refractivity contribution in [3.63, 3.8) is 0 Å². The van der Waals surface area contributed by atoms with E-state index in [-0.39, 0.29) is 0 Å². The average molecular weight is 153 g/mol. The van der Waals surface area contributed by atoms with Crippen LogP contribution < -0.4 is 5.73 Å². The monoisotopic (exact) mass is 153 g/mol. The lowest BCUT2D eigenvalue weighted by Gasteiger charge is -2.12. The third-order valence-electron chi connectivity index (χ3n) is 1.51. The lowest BCUT2D eigenvalue weighted by atomic mass is 10.1. The topological polar surface area (TPSA) is 66.5 Å². The second kappa shape index (κ2) is 3.48. The van der Waals surface area contributed by atoms with Gasteiger partial charge in [0.15, 0.2) is 6.29 Å². The van der Waals surface area contributed by atoms with Gasteiger partial charge in [-0.15, -0.1) is 0 Å². The molecule has 0 radical (unpaired) electrons. The van der Waals surface area contributed by atoms with Crippen molar-refractivity contribution in [2.24, 2.45) is 5.73 Å². The Labute approximate surface area is 65.1 Å². The summed E-state index contributed by atoms with van der Waals surface area (Å²) in [5.41, 5.74) is 6.16. The maximum absolute atomic E-state index is 8.70. The van der Waals surface area contributed by atoms with Crippen LogP contribution in [0.5, 0.6) is 0 Å². The van der Waals surface area contributed by atoms with Crippen molar-refractivity contribution in [1.29, 1.82) is 0 Å². The van der Waals surface area contributed by atoms with Crippen molar-refractivity contribution >= 4 is 0 Å². The first-order valence-corrected chi connectivity index (χ1v) is 3.38. The van der Waals surface area contributed by atoms with Gasteiger partial charge in [-0.3, -0.25) is 0 Å². The molecule has 0 aromatic heterocycles. The highest BCUT2D eigenvalue weighted by Gasteiger charge is 2.11. The third kappa shape index (κ3) is 2.01. The summed E-state index contributed by atoms with van der Waals surface area (Å²) in [7, 11) is 0. The van der Waals surface area contributed by atoms with E-state index >= 15 is 0 Å². The lowest BCUT2D eigenvalue weighted by molar-refractivity contribution is -0.0589. The minimum absolute atomic E-state index is 0.712. The number of aliphatic hydroxyl groups excluding tert-OH is 1. The molecular weight excluding hydrogens is 142 g/mol. The van der Waals surface area contributed by atoms with Crippen LogP contribution >= 0.6 is 0 Å². The maximum Gasteiger partial charge on any atom is 0.171 e. The van der Waals surface area contributed by atoms with E-state index < -0.39 is 12.3 Å². The molecule has 11 heavy (non-hydrogen) atoms. The Hall–Kier alpha value is -0.900. The highest BCUT2D eigenvalue weighted by Crippen LogP contribution is 2.11. The number of hydrogen-bond acceptors (Lipinski definition) is 3. The third-order valence-corrected chi connectivity index (χ3v) is 1.51. The van der Waals surface area contributed by atoms with E-state index in [1.54, 1.807) is 24.3 Å². The van der Waals surface area contributed by atoms with E-state index in [0.29, 0.717) is 0 Å². The van der Waals surface area contributed by atoms with Crippen LogP contribution in [0, 0.1) is 0 Å². The summed E-state index contributed by atoms with van der Waals surface area (Å²) in [6.45, 7) is 0. The van der Waals surface area contributed by atoms with Crippen LogP contribution in [0.15, 0.2) is 30.3 Å².